The van der Waals surface area contributed by atoms with Gasteiger partial charge in [0.1, 0.15) is 0 Å². The quantitative estimate of drug-likeness (QED) is 0.680. The summed E-state index contributed by atoms with van der Waals surface area (Å²) in [5.41, 5.74) is 4.86. The summed E-state index contributed by atoms with van der Waals surface area (Å²) in [5, 5.41) is 6.12. The molecule has 0 heterocycles. The predicted octanol–water partition coefficient (Wildman–Crippen LogP) is 4.87. The van der Waals surface area contributed by atoms with Crippen molar-refractivity contribution in [2.75, 3.05) is 38.8 Å². The van der Waals surface area contributed by atoms with Gasteiger partial charge in [0, 0.05) is 28.2 Å². The maximum absolute atomic E-state index is 12.4. The first-order chi connectivity index (χ1) is 12.7. The molecular weight excluding hydrogens is 340 g/mol. The van der Waals surface area contributed by atoms with E-state index in [-0.39, 0.29) is 12.1 Å². The summed E-state index contributed by atoms with van der Waals surface area (Å²) in [6.45, 7) is 6.33. The lowest BCUT2D eigenvalue weighted by molar-refractivity contribution is 0.230. The van der Waals surface area contributed by atoms with Crippen LogP contribution in [0.15, 0.2) is 6.07 Å². The summed E-state index contributed by atoms with van der Waals surface area (Å²) in [6.07, 6.45) is 5.89. The van der Waals surface area contributed by atoms with Crippen LogP contribution in [0.2, 0.25) is 0 Å². The monoisotopic (exact) mass is 376 g/mol. The molecule has 1 aromatic rings. The second-order valence-electron chi connectivity index (χ2n) is 7.44. The first-order valence-corrected chi connectivity index (χ1v) is 9.84. The number of nitrogens with one attached hydrogen (secondary N) is 2. The normalized spacial score (nSPS) is 10.5. The third-order valence-electron chi connectivity index (χ3n) is 4.57. The molecule has 0 atom stereocenters. The molecule has 1 rings (SSSR count). The number of hydrogen-bond acceptors (Lipinski definition) is 2. The highest BCUT2D eigenvalue weighted by Gasteiger charge is 2.20. The summed E-state index contributed by atoms with van der Waals surface area (Å²) >= 11 is 0. The van der Waals surface area contributed by atoms with Gasteiger partial charge in [-0.05, 0) is 49.3 Å². The molecule has 152 valence electrons. The van der Waals surface area contributed by atoms with E-state index >= 15 is 0 Å². The Balaban J connectivity index is 3.51. The van der Waals surface area contributed by atoms with Gasteiger partial charge < -0.3 is 20.4 Å². The summed E-state index contributed by atoms with van der Waals surface area (Å²) in [7, 11) is 6.91. The zero-order valence-corrected chi connectivity index (χ0v) is 18.0. The number of urea groups is 2. The van der Waals surface area contributed by atoms with Gasteiger partial charge >= 0.3 is 12.1 Å². The molecule has 0 spiro atoms. The van der Waals surface area contributed by atoms with Crippen molar-refractivity contribution in [1.29, 1.82) is 0 Å². The van der Waals surface area contributed by atoms with Crippen molar-refractivity contribution in [3.63, 3.8) is 0 Å². The average molecular weight is 377 g/mol. The zero-order chi connectivity index (χ0) is 20.6. The minimum absolute atomic E-state index is 0.153. The molecule has 0 radical (unpaired) electrons. The lowest BCUT2D eigenvalue weighted by atomic mass is 9.93. The van der Waals surface area contributed by atoms with E-state index in [0.717, 1.165) is 66.6 Å². The Morgan fingerprint density at radius 2 is 1.33 bits per heavy atom. The van der Waals surface area contributed by atoms with Crippen LogP contribution in [0, 0.1) is 6.92 Å². The Labute approximate surface area is 164 Å². The highest BCUT2D eigenvalue weighted by atomic mass is 16.2. The first-order valence-electron chi connectivity index (χ1n) is 9.84. The number of aryl methyl sites for hydroxylation is 2. The number of anilines is 2. The Kier molecular flexibility index (Phi) is 9.12. The highest BCUT2D eigenvalue weighted by molar-refractivity contribution is 5.96. The molecule has 0 unspecified atom stereocenters. The van der Waals surface area contributed by atoms with Crippen molar-refractivity contribution in [1.82, 2.24) is 9.80 Å². The molecule has 2 N–H and O–H groups in total. The molecule has 0 saturated carbocycles. The van der Waals surface area contributed by atoms with Gasteiger partial charge in [0.15, 0.2) is 0 Å². The number of hydrogen-bond donors (Lipinski definition) is 2. The molecule has 0 aliphatic carbocycles. The van der Waals surface area contributed by atoms with E-state index in [9.17, 15) is 9.59 Å². The largest absolute Gasteiger partial charge is 0.331 e. The van der Waals surface area contributed by atoms with Crippen LogP contribution in [0.5, 0.6) is 0 Å². The number of nitrogens with zero attached hydrogens (tertiary/aromatic N) is 2. The van der Waals surface area contributed by atoms with E-state index in [4.69, 9.17) is 0 Å². The second-order valence-corrected chi connectivity index (χ2v) is 7.44. The van der Waals surface area contributed by atoms with Crippen molar-refractivity contribution >= 4 is 23.4 Å². The van der Waals surface area contributed by atoms with Crippen molar-refractivity contribution in [2.45, 2.75) is 59.3 Å². The Morgan fingerprint density at radius 3 is 1.81 bits per heavy atom. The Morgan fingerprint density at radius 1 is 0.852 bits per heavy atom. The fourth-order valence-corrected chi connectivity index (χ4v) is 2.90. The number of rotatable bonds is 8. The Bertz CT molecular complexity index is 654. The van der Waals surface area contributed by atoms with Crippen molar-refractivity contribution in [3.8, 4) is 0 Å². The fourth-order valence-electron chi connectivity index (χ4n) is 2.90. The van der Waals surface area contributed by atoms with Gasteiger partial charge in [-0.2, -0.15) is 0 Å². The minimum Gasteiger partial charge on any atom is -0.331 e. The van der Waals surface area contributed by atoms with Crippen LogP contribution >= 0.6 is 0 Å². The van der Waals surface area contributed by atoms with Crippen LogP contribution in [0.1, 0.15) is 56.2 Å². The summed E-state index contributed by atoms with van der Waals surface area (Å²) < 4.78 is 0. The van der Waals surface area contributed by atoms with Crippen molar-refractivity contribution < 1.29 is 9.59 Å². The van der Waals surface area contributed by atoms with Gasteiger partial charge in [-0.3, -0.25) is 0 Å². The zero-order valence-electron chi connectivity index (χ0n) is 18.0. The molecule has 4 amide bonds. The van der Waals surface area contributed by atoms with E-state index in [2.05, 4.69) is 30.5 Å². The van der Waals surface area contributed by atoms with E-state index in [1.54, 1.807) is 28.2 Å². The van der Waals surface area contributed by atoms with Gasteiger partial charge in [-0.15, -0.1) is 0 Å². The topological polar surface area (TPSA) is 64.7 Å². The maximum atomic E-state index is 12.4. The summed E-state index contributed by atoms with van der Waals surface area (Å²) in [4.78, 5) is 27.8. The smallest absolute Gasteiger partial charge is 0.321 e. The molecular formula is C21H36N4O2. The van der Waals surface area contributed by atoms with Crippen molar-refractivity contribution in [2.24, 2.45) is 0 Å². The second kappa shape index (κ2) is 10.8. The van der Waals surface area contributed by atoms with Crippen LogP contribution in [0.3, 0.4) is 0 Å². The molecule has 0 fully saturated rings. The molecule has 0 aliphatic heterocycles. The number of amides is 4. The van der Waals surface area contributed by atoms with Gasteiger partial charge in [-0.25, -0.2) is 9.59 Å². The van der Waals surface area contributed by atoms with E-state index in [1.807, 2.05) is 6.92 Å². The van der Waals surface area contributed by atoms with Crippen LogP contribution in [0.25, 0.3) is 0 Å². The minimum atomic E-state index is -0.165. The SMILES string of the molecule is CCCCc1cc(C)c(NC(=O)N(C)C)c(CCCC)c1NC(=O)N(C)C. The van der Waals surface area contributed by atoms with Crippen LogP contribution in [-0.2, 0) is 12.8 Å². The van der Waals surface area contributed by atoms with E-state index in [0.29, 0.717) is 0 Å². The van der Waals surface area contributed by atoms with Gasteiger partial charge in [0.2, 0.25) is 0 Å². The predicted molar refractivity (Wildman–Crippen MR) is 114 cm³/mol. The maximum Gasteiger partial charge on any atom is 0.321 e. The number of carbonyl (C=O) groups excluding carboxylic acids is 2. The Hall–Kier alpha value is -2.24. The number of benzene rings is 1. The lowest BCUT2D eigenvalue weighted by Crippen LogP contribution is -2.30. The van der Waals surface area contributed by atoms with E-state index in [1.165, 1.54) is 9.80 Å². The molecule has 0 aromatic heterocycles. The molecule has 0 saturated heterocycles. The molecule has 27 heavy (non-hydrogen) atoms. The molecule has 6 heteroatoms. The fraction of sp³-hybridized carbons (Fsp3) is 0.619. The third kappa shape index (κ3) is 6.45. The van der Waals surface area contributed by atoms with Gasteiger partial charge in [0.05, 0.1) is 11.4 Å². The number of unbranched alkanes of at least 4 members (excludes halogenated alkanes) is 2. The standard InChI is InChI=1S/C21H36N4O2/c1-8-10-12-16-14-15(3)18(22-20(26)24(4)5)17(13-11-9-2)19(16)23-21(27)25(6)7/h14H,8-13H2,1-7H3,(H,22,26)(H,23,27). The number of carbonyl (C=O) groups is 2. The molecule has 1 aromatic carbocycles. The van der Waals surface area contributed by atoms with E-state index < -0.39 is 0 Å². The van der Waals surface area contributed by atoms with Crippen LogP contribution in [-0.4, -0.2) is 50.1 Å². The van der Waals surface area contributed by atoms with Gasteiger partial charge in [-0.1, -0.05) is 32.8 Å². The summed E-state index contributed by atoms with van der Waals surface area (Å²) in [6, 6.07) is 1.78. The summed E-state index contributed by atoms with van der Waals surface area (Å²) in [5.74, 6) is 0. The van der Waals surface area contributed by atoms with Crippen LogP contribution < -0.4 is 10.6 Å². The molecule has 6 nitrogen and oxygen atoms in total. The van der Waals surface area contributed by atoms with Crippen molar-refractivity contribution in [3.05, 3.63) is 22.8 Å². The first kappa shape index (κ1) is 22.8. The lowest BCUT2D eigenvalue weighted by Gasteiger charge is -2.24. The average Bonchev–Trinajstić information content (AvgIpc) is 2.61. The third-order valence-corrected chi connectivity index (χ3v) is 4.57. The molecule has 0 aliphatic rings. The van der Waals surface area contributed by atoms with Crippen LogP contribution in [0.4, 0.5) is 21.0 Å². The molecule has 0 bridgehead atoms. The highest BCUT2D eigenvalue weighted by Crippen LogP contribution is 2.35. The van der Waals surface area contributed by atoms with Gasteiger partial charge in [0.25, 0.3) is 0 Å².